The number of nitrogens with zero attached hydrogens (tertiary/aromatic N) is 2. The zero-order valence-electron chi connectivity index (χ0n) is 25.0. The van der Waals surface area contributed by atoms with Crippen LogP contribution in [0.2, 0.25) is 5.02 Å². The first-order valence-electron chi connectivity index (χ1n) is 14.3. The number of aliphatic hydroxyl groups is 1. The SMILES string of the molecule is C[C@@H]1CN([C@H](C)CO)C(=O)Cc2cc(NC(=O)Nc3ccc4c(c3)OCO4)ccc2O[C@@H]1CN(C)S(=O)(=O)c1ccc(Cl)cc1. The summed E-state index contributed by atoms with van der Waals surface area (Å²) in [5, 5.41) is 15.8. The number of carbonyl (C=O) groups is 2. The quantitative estimate of drug-likeness (QED) is 0.327. The van der Waals surface area contributed by atoms with Gasteiger partial charge in [-0.2, -0.15) is 4.31 Å². The maximum atomic E-state index is 13.5. The molecule has 14 heteroatoms. The van der Waals surface area contributed by atoms with Crippen molar-refractivity contribution in [3.05, 3.63) is 71.2 Å². The van der Waals surface area contributed by atoms with Crippen molar-refractivity contribution in [2.75, 3.05) is 44.2 Å². The lowest BCUT2D eigenvalue weighted by atomic mass is 10.0. The van der Waals surface area contributed by atoms with E-state index in [1.54, 1.807) is 48.2 Å². The van der Waals surface area contributed by atoms with Crippen molar-refractivity contribution in [1.29, 1.82) is 0 Å². The molecule has 2 heterocycles. The van der Waals surface area contributed by atoms with Crippen LogP contribution in [0.1, 0.15) is 19.4 Å². The van der Waals surface area contributed by atoms with Gasteiger partial charge in [-0.25, -0.2) is 13.2 Å². The Morgan fingerprint density at radius 3 is 2.38 bits per heavy atom. The highest BCUT2D eigenvalue weighted by atomic mass is 35.5. The molecular formula is C31H35ClN4O8S. The first-order valence-corrected chi connectivity index (χ1v) is 16.2. The Balaban J connectivity index is 1.38. The number of urea groups is 1. The number of fused-ring (bicyclic) bond motifs is 2. The van der Waals surface area contributed by atoms with Crippen LogP contribution in [0.5, 0.6) is 17.2 Å². The standard InChI is InChI=1S/C31H35ClN4O8S/c1-19-15-36(20(2)17-37)30(38)13-21-12-23(33-31(39)34-24-7-11-27-28(14-24)43-18-42-27)6-10-26(21)44-29(19)16-35(3)45(40,41)25-8-4-22(32)5-9-25/h4-12,14,19-20,29,37H,13,15-18H2,1-3H3,(H2,33,34,39)/t19-,20-,29-/m1/s1. The number of hydrogen-bond acceptors (Lipinski definition) is 8. The summed E-state index contributed by atoms with van der Waals surface area (Å²) in [4.78, 5) is 28.0. The van der Waals surface area contributed by atoms with E-state index in [2.05, 4.69) is 10.6 Å². The lowest BCUT2D eigenvalue weighted by Crippen LogP contribution is -2.48. The summed E-state index contributed by atoms with van der Waals surface area (Å²) in [6, 6.07) is 14.9. The van der Waals surface area contributed by atoms with Crippen LogP contribution in [-0.2, 0) is 21.2 Å². The van der Waals surface area contributed by atoms with E-state index in [0.717, 1.165) is 0 Å². The third-order valence-corrected chi connectivity index (χ3v) is 9.85. The number of carbonyl (C=O) groups excluding carboxylic acids is 2. The average molecular weight is 659 g/mol. The van der Waals surface area contributed by atoms with Crippen molar-refractivity contribution in [2.24, 2.45) is 5.92 Å². The molecule has 12 nitrogen and oxygen atoms in total. The number of hydrogen-bond donors (Lipinski definition) is 3. The summed E-state index contributed by atoms with van der Waals surface area (Å²) in [7, 11) is -2.41. The molecule has 3 atom stereocenters. The maximum Gasteiger partial charge on any atom is 0.323 e. The number of nitrogens with one attached hydrogen (secondary N) is 2. The Labute approximate surface area is 266 Å². The smallest absolute Gasteiger partial charge is 0.323 e. The molecule has 0 aromatic heterocycles. The van der Waals surface area contributed by atoms with E-state index < -0.39 is 28.2 Å². The summed E-state index contributed by atoms with van der Waals surface area (Å²) in [5.74, 6) is 0.949. The summed E-state index contributed by atoms with van der Waals surface area (Å²) in [5.41, 5.74) is 1.41. The number of likely N-dealkylation sites (N-methyl/N-ethyl adjacent to an activating group) is 1. The van der Waals surface area contributed by atoms with Crippen molar-refractivity contribution in [3.63, 3.8) is 0 Å². The highest BCUT2D eigenvalue weighted by molar-refractivity contribution is 7.89. The minimum atomic E-state index is -3.88. The fraction of sp³-hybridized carbons (Fsp3) is 0.355. The van der Waals surface area contributed by atoms with Gasteiger partial charge in [-0.05, 0) is 61.5 Å². The summed E-state index contributed by atoms with van der Waals surface area (Å²) in [6.07, 6.45) is -0.722. The molecule has 0 aliphatic carbocycles. The number of benzene rings is 3. The normalized spacial score (nSPS) is 18.7. The Hall–Kier alpha value is -4.04. The number of amides is 3. The van der Waals surface area contributed by atoms with E-state index in [0.29, 0.717) is 39.2 Å². The Morgan fingerprint density at radius 1 is 1.04 bits per heavy atom. The topological polar surface area (TPSA) is 147 Å². The Morgan fingerprint density at radius 2 is 1.69 bits per heavy atom. The van der Waals surface area contributed by atoms with E-state index in [1.807, 2.05) is 6.92 Å². The van der Waals surface area contributed by atoms with E-state index >= 15 is 0 Å². The molecule has 0 fully saturated rings. The molecule has 45 heavy (non-hydrogen) atoms. The summed E-state index contributed by atoms with van der Waals surface area (Å²) in [6.45, 7) is 3.71. The van der Waals surface area contributed by atoms with Gasteiger partial charge >= 0.3 is 6.03 Å². The van der Waals surface area contributed by atoms with Crippen molar-refractivity contribution in [3.8, 4) is 17.2 Å². The van der Waals surface area contributed by atoms with Crippen LogP contribution in [0.4, 0.5) is 16.2 Å². The molecular weight excluding hydrogens is 624 g/mol. The number of sulfonamides is 1. The molecule has 2 aliphatic rings. The number of rotatable bonds is 8. The van der Waals surface area contributed by atoms with Crippen molar-refractivity contribution in [2.45, 2.75) is 37.3 Å². The van der Waals surface area contributed by atoms with Crippen LogP contribution in [0.25, 0.3) is 0 Å². The highest BCUT2D eigenvalue weighted by Crippen LogP contribution is 2.34. The molecule has 0 saturated carbocycles. The minimum absolute atomic E-state index is 0.0148. The average Bonchev–Trinajstić information content (AvgIpc) is 3.49. The van der Waals surface area contributed by atoms with Gasteiger partial charge in [0.15, 0.2) is 11.5 Å². The molecule has 3 N–H and O–H groups in total. The van der Waals surface area contributed by atoms with Crippen LogP contribution in [-0.4, -0.2) is 80.4 Å². The third-order valence-electron chi connectivity index (χ3n) is 7.76. The predicted molar refractivity (Wildman–Crippen MR) is 168 cm³/mol. The molecule has 3 aromatic rings. The number of ether oxygens (including phenoxy) is 3. The summed E-state index contributed by atoms with van der Waals surface area (Å²) < 4.78 is 45.1. The van der Waals surface area contributed by atoms with Gasteiger partial charge in [-0.3, -0.25) is 4.79 Å². The molecule has 240 valence electrons. The highest BCUT2D eigenvalue weighted by Gasteiger charge is 2.33. The van der Waals surface area contributed by atoms with E-state index in [1.165, 1.54) is 35.6 Å². The molecule has 0 unspecified atom stereocenters. The zero-order chi connectivity index (χ0) is 32.3. The van der Waals surface area contributed by atoms with Gasteiger partial charge in [0.05, 0.1) is 30.5 Å². The van der Waals surface area contributed by atoms with E-state index in [-0.39, 0.29) is 49.6 Å². The zero-order valence-corrected chi connectivity index (χ0v) is 26.6. The van der Waals surface area contributed by atoms with Crippen molar-refractivity contribution in [1.82, 2.24) is 9.21 Å². The van der Waals surface area contributed by atoms with Gasteiger partial charge in [0.1, 0.15) is 11.9 Å². The van der Waals surface area contributed by atoms with Crippen LogP contribution < -0.4 is 24.8 Å². The van der Waals surface area contributed by atoms with Gasteiger partial charge < -0.3 is 34.9 Å². The van der Waals surface area contributed by atoms with Crippen LogP contribution in [0, 0.1) is 5.92 Å². The molecule has 0 bridgehead atoms. The van der Waals surface area contributed by atoms with Crippen molar-refractivity contribution >= 4 is 44.9 Å². The number of aliphatic hydroxyl groups excluding tert-OH is 1. The van der Waals surface area contributed by atoms with Gasteiger partial charge in [0, 0.05) is 47.5 Å². The second kappa shape index (κ2) is 13.5. The first kappa shape index (κ1) is 32.4. The largest absolute Gasteiger partial charge is 0.488 e. The minimum Gasteiger partial charge on any atom is -0.488 e. The van der Waals surface area contributed by atoms with E-state index in [9.17, 15) is 23.1 Å². The molecule has 5 rings (SSSR count). The van der Waals surface area contributed by atoms with Crippen LogP contribution in [0.3, 0.4) is 0 Å². The van der Waals surface area contributed by atoms with Gasteiger partial charge in [0.2, 0.25) is 22.7 Å². The number of halogens is 1. The molecule has 2 aliphatic heterocycles. The van der Waals surface area contributed by atoms with Gasteiger partial charge in [-0.15, -0.1) is 0 Å². The van der Waals surface area contributed by atoms with Crippen LogP contribution >= 0.6 is 11.6 Å². The molecule has 3 amide bonds. The van der Waals surface area contributed by atoms with E-state index in [4.69, 9.17) is 25.8 Å². The monoisotopic (exact) mass is 658 g/mol. The Kier molecular flexibility index (Phi) is 9.73. The lowest BCUT2D eigenvalue weighted by Gasteiger charge is -2.33. The second-order valence-electron chi connectivity index (χ2n) is 11.1. The van der Waals surface area contributed by atoms with Crippen LogP contribution in [0.15, 0.2) is 65.6 Å². The molecule has 0 saturated heterocycles. The lowest BCUT2D eigenvalue weighted by molar-refractivity contribution is -0.134. The van der Waals surface area contributed by atoms with Crippen molar-refractivity contribution < 1.29 is 37.3 Å². The Bertz CT molecular complexity index is 1670. The fourth-order valence-electron chi connectivity index (χ4n) is 5.13. The maximum absolute atomic E-state index is 13.5. The fourth-order valence-corrected chi connectivity index (χ4v) is 6.44. The molecule has 0 spiro atoms. The molecule has 3 aromatic carbocycles. The summed E-state index contributed by atoms with van der Waals surface area (Å²) >= 11 is 5.96. The molecule has 0 radical (unpaired) electrons. The first-order chi connectivity index (χ1) is 21.4. The number of anilines is 2. The third kappa shape index (κ3) is 7.44. The predicted octanol–water partition coefficient (Wildman–Crippen LogP) is 4.18. The van der Waals surface area contributed by atoms with Gasteiger partial charge in [-0.1, -0.05) is 18.5 Å². The second-order valence-corrected chi connectivity index (χ2v) is 13.6. The van der Waals surface area contributed by atoms with Gasteiger partial charge in [0.25, 0.3) is 0 Å².